The zero-order chi connectivity index (χ0) is 17.5. The zero-order valence-corrected chi connectivity index (χ0v) is 14.8. The smallest absolute Gasteiger partial charge is 0.263 e. The summed E-state index contributed by atoms with van der Waals surface area (Å²) in [6, 6.07) is 15.5. The van der Waals surface area contributed by atoms with Gasteiger partial charge in [-0.25, -0.2) is 0 Å². The summed E-state index contributed by atoms with van der Waals surface area (Å²) < 4.78 is 11.2. The van der Waals surface area contributed by atoms with Gasteiger partial charge in [-0.05, 0) is 31.0 Å². The molecule has 2 aromatic rings. The molecule has 0 saturated heterocycles. The Balaban J connectivity index is 2.04. The predicted octanol–water partition coefficient (Wildman–Crippen LogP) is 3.68. The molecule has 0 unspecified atom stereocenters. The summed E-state index contributed by atoms with van der Waals surface area (Å²) in [5.41, 5.74) is 2.07. The van der Waals surface area contributed by atoms with E-state index in [1.165, 1.54) is 0 Å². The van der Waals surface area contributed by atoms with E-state index in [4.69, 9.17) is 9.47 Å². The Morgan fingerprint density at radius 2 is 1.62 bits per heavy atom. The molecule has 0 saturated carbocycles. The fraction of sp³-hybridized carbons (Fsp3) is 0.350. The first-order valence-corrected chi connectivity index (χ1v) is 8.18. The maximum Gasteiger partial charge on any atom is 0.263 e. The maximum absolute atomic E-state index is 12.6. The molecule has 0 radical (unpaired) electrons. The first-order chi connectivity index (χ1) is 11.6. The van der Waals surface area contributed by atoms with Gasteiger partial charge in [0.25, 0.3) is 5.91 Å². The van der Waals surface area contributed by atoms with E-state index in [0.29, 0.717) is 6.54 Å². The minimum Gasteiger partial charge on any atom is -0.496 e. The monoisotopic (exact) mass is 327 g/mol. The first kappa shape index (κ1) is 17.9. The van der Waals surface area contributed by atoms with Gasteiger partial charge in [0.05, 0.1) is 7.11 Å². The van der Waals surface area contributed by atoms with E-state index in [9.17, 15) is 4.79 Å². The minimum absolute atomic E-state index is 0.0631. The second-order valence-corrected chi connectivity index (χ2v) is 5.73. The van der Waals surface area contributed by atoms with Crippen LogP contribution >= 0.6 is 0 Å². The van der Waals surface area contributed by atoms with Crippen LogP contribution in [0.2, 0.25) is 0 Å². The van der Waals surface area contributed by atoms with Gasteiger partial charge in [0.1, 0.15) is 11.5 Å². The molecule has 24 heavy (non-hydrogen) atoms. The van der Waals surface area contributed by atoms with Crippen LogP contribution in [0.25, 0.3) is 0 Å². The lowest BCUT2D eigenvalue weighted by atomic mass is 10.1. The van der Waals surface area contributed by atoms with Crippen LogP contribution in [0.15, 0.2) is 48.5 Å². The number of hydrogen-bond donors (Lipinski definition) is 0. The number of hydrogen-bond acceptors (Lipinski definition) is 3. The van der Waals surface area contributed by atoms with Gasteiger partial charge in [0.2, 0.25) is 0 Å². The van der Waals surface area contributed by atoms with Crippen molar-refractivity contribution < 1.29 is 14.3 Å². The average molecular weight is 327 g/mol. The highest BCUT2D eigenvalue weighted by atomic mass is 16.5. The molecule has 0 aliphatic heterocycles. The quantitative estimate of drug-likeness (QED) is 0.778. The Labute approximate surface area is 144 Å². The molecule has 0 aliphatic rings. The van der Waals surface area contributed by atoms with Gasteiger partial charge >= 0.3 is 0 Å². The summed E-state index contributed by atoms with van der Waals surface area (Å²) >= 11 is 0. The Morgan fingerprint density at radius 3 is 2.25 bits per heavy atom. The highest BCUT2D eigenvalue weighted by Gasteiger charge is 2.21. The summed E-state index contributed by atoms with van der Waals surface area (Å²) in [5.74, 6) is 1.49. The van der Waals surface area contributed by atoms with Crippen molar-refractivity contribution in [1.29, 1.82) is 0 Å². The predicted molar refractivity (Wildman–Crippen MR) is 95.4 cm³/mol. The van der Waals surface area contributed by atoms with Crippen LogP contribution in [0.5, 0.6) is 11.5 Å². The Bertz CT molecular complexity index is 627. The van der Waals surface area contributed by atoms with E-state index in [0.717, 1.165) is 29.0 Å². The zero-order valence-electron chi connectivity index (χ0n) is 14.8. The molecule has 1 amide bonds. The molecule has 0 aromatic heterocycles. The van der Waals surface area contributed by atoms with E-state index in [-0.39, 0.29) is 5.91 Å². The number of para-hydroxylation sites is 2. The van der Waals surface area contributed by atoms with Crippen LogP contribution in [-0.4, -0.2) is 31.1 Å². The molecule has 128 valence electrons. The number of rotatable bonds is 7. The molecular formula is C20H25NO3. The molecule has 2 rings (SSSR count). The average Bonchev–Trinajstić information content (AvgIpc) is 2.61. The molecule has 0 fully saturated rings. The molecule has 4 heteroatoms. The van der Waals surface area contributed by atoms with E-state index in [1.807, 2.05) is 48.5 Å². The van der Waals surface area contributed by atoms with Gasteiger partial charge in [-0.15, -0.1) is 0 Å². The van der Waals surface area contributed by atoms with Crippen molar-refractivity contribution in [1.82, 2.24) is 4.90 Å². The van der Waals surface area contributed by atoms with Crippen molar-refractivity contribution in [2.45, 2.75) is 32.9 Å². The van der Waals surface area contributed by atoms with Crippen LogP contribution in [0, 0.1) is 0 Å². The lowest BCUT2D eigenvalue weighted by Gasteiger charge is -2.23. The number of aryl methyl sites for hydroxylation is 1. The molecule has 0 spiro atoms. The van der Waals surface area contributed by atoms with Crippen molar-refractivity contribution in [3.8, 4) is 11.5 Å². The normalized spacial score (nSPS) is 11.7. The first-order valence-electron chi connectivity index (χ1n) is 8.18. The standard InChI is InChI=1S/C20H25NO3/c1-5-16-10-6-9-13-19(16)24-15(2)20(22)21(3)14-17-11-7-8-12-18(17)23-4/h6-13,15H,5,14H2,1-4H3/t15-/m0/s1. The highest BCUT2D eigenvalue weighted by molar-refractivity contribution is 5.80. The van der Waals surface area contributed by atoms with Gasteiger partial charge in [0.15, 0.2) is 6.10 Å². The SMILES string of the molecule is CCc1ccccc1O[C@@H](C)C(=O)N(C)Cc1ccccc1OC. The highest BCUT2D eigenvalue weighted by Crippen LogP contribution is 2.22. The summed E-state index contributed by atoms with van der Waals surface area (Å²) in [6.45, 7) is 4.34. The minimum atomic E-state index is -0.544. The summed E-state index contributed by atoms with van der Waals surface area (Å²) in [5, 5.41) is 0. The Morgan fingerprint density at radius 1 is 1.04 bits per heavy atom. The van der Waals surface area contributed by atoms with Gasteiger partial charge in [0, 0.05) is 19.2 Å². The van der Waals surface area contributed by atoms with E-state index < -0.39 is 6.10 Å². The van der Waals surface area contributed by atoms with Crippen molar-refractivity contribution in [2.24, 2.45) is 0 Å². The maximum atomic E-state index is 12.6. The number of carbonyl (C=O) groups is 1. The summed E-state index contributed by atoms with van der Waals surface area (Å²) in [7, 11) is 3.41. The van der Waals surface area contributed by atoms with Crippen LogP contribution < -0.4 is 9.47 Å². The van der Waals surface area contributed by atoms with Crippen LogP contribution in [0.3, 0.4) is 0 Å². The molecule has 0 N–H and O–H groups in total. The lowest BCUT2D eigenvalue weighted by molar-refractivity contribution is -0.137. The molecule has 0 bridgehead atoms. The number of ether oxygens (including phenoxy) is 2. The Hall–Kier alpha value is -2.49. The van der Waals surface area contributed by atoms with E-state index in [2.05, 4.69) is 6.92 Å². The van der Waals surface area contributed by atoms with Gasteiger partial charge in [-0.1, -0.05) is 43.3 Å². The number of carbonyl (C=O) groups excluding carboxylic acids is 1. The number of benzene rings is 2. The number of amides is 1. The van der Waals surface area contributed by atoms with E-state index in [1.54, 1.807) is 26.0 Å². The van der Waals surface area contributed by atoms with Crippen molar-refractivity contribution in [3.05, 3.63) is 59.7 Å². The third-order valence-electron chi connectivity index (χ3n) is 3.98. The molecular weight excluding hydrogens is 302 g/mol. The second kappa shape index (κ2) is 8.39. The number of likely N-dealkylation sites (N-methyl/N-ethyl adjacent to an activating group) is 1. The molecule has 0 aliphatic carbocycles. The lowest BCUT2D eigenvalue weighted by Crippen LogP contribution is -2.37. The fourth-order valence-corrected chi connectivity index (χ4v) is 2.63. The fourth-order valence-electron chi connectivity index (χ4n) is 2.63. The van der Waals surface area contributed by atoms with Gasteiger partial charge < -0.3 is 14.4 Å². The topological polar surface area (TPSA) is 38.8 Å². The molecule has 1 atom stereocenters. The third kappa shape index (κ3) is 4.28. The van der Waals surface area contributed by atoms with Crippen LogP contribution in [-0.2, 0) is 17.8 Å². The van der Waals surface area contributed by atoms with E-state index >= 15 is 0 Å². The van der Waals surface area contributed by atoms with Gasteiger partial charge in [-0.2, -0.15) is 0 Å². The summed E-state index contributed by atoms with van der Waals surface area (Å²) in [4.78, 5) is 14.3. The van der Waals surface area contributed by atoms with Crippen molar-refractivity contribution >= 4 is 5.91 Å². The van der Waals surface area contributed by atoms with Crippen LogP contribution in [0.1, 0.15) is 25.0 Å². The van der Waals surface area contributed by atoms with Crippen molar-refractivity contribution in [2.75, 3.05) is 14.2 Å². The van der Waals surface area contributed by atoms with Crippen molar-refractivity contribution in [3.63, 3.8) is 0 Å². The van der Waals surface area contributed by atoms with Crippen LogP contribution in [0.4, 0.5) is 0 Å². The Kier molecular flexibility index (Phi) is 6.24. The molecule has 0 heterocycles. The number of nitrogens with zero attached hydrogens (tertiary/aromatic N) is 1. The largest absolute Gasteiger partial charge is 0.496 e. The third-order valence-corrected chi connectivity index (χ3v) is 3.98. The van der Waals surface area contributed by atoms with Gasteiger partial charge in [-0.3, -0.25) is 4.79 Å². The second-order valence-electron chi connectivity index (χ2n) is 5.73. The molecule has 4 nitrogen and oxygen atoms in total. The number of methoxy groups -OCH3 is 1. The molecule has 2 aromatic carbocycles. The summed E-state index contributed by atoms with van der Waals surface area (Å²) in [6.07, 6.45) is 0.325.